The summed E-state index contributed by atoms with van der Waals surface area (Å²) in [6, 6.07) is 13.0. The van der Waals surface area contributed by atoms with E-state index in [1.165, 1.54) is 12.1 Å². The second-order valence-corrected chi connectivity index (χ2v) is 8.15. The molecule has 33 heavy (non-hydrogen) atoms. The SMILES string of the molecule is CCOc1ccccc1OCCCC(=O)NC1CCN(Cc2cccc(C(F)(F)F)c2)CC1. The number of hydrogen-bond acceptors (Lipinski definition) is 4. The smallest absolute Gasteiger partial charge is 0.416 e. The summed E-state index contributed by atoms with van der Waals surface area (Å²) in [4.78, 5) is 14.4. The van der Waals surface area contributed by atoms with Gasteiger partial charge < -0.3 is 14.8 Å². The van der Waals surface area contributed by atoms with E-state index in [0.717, 1.165) is 32.0 Å². The molecule has 5 nitrogen and oxygen atoms in total. The Labute approximate surface area is 192 Å². The van der Waals surface area contributed by atoms with Crippen molar-refractivity contribution in [3.05, 3.63) is 59.7 Å². The number of piperidine rings is 1. The van der Waals surface area contributed by atoms with Crippen LogP contribution in [-0.4, -0.2) is 43.2 Å². The van der Waals surface area contributed by atoms with Crippen LogP contribution in [0.5, 0.6) is 11.5 Å². The van der Waals surface area contributed by atoms with Crippen molar-refractivity contribution in [1.29, 1.82) is 0 Å². The molecule has 1 amide bonds. The topological polar surface area (TPSA) is 50.8 Å². The molecule has 2 aromatic rings. The van der Waals surface area contributed by atoms with Crippen molar-refractivity contribution in [3.8, 4) is 11.5 Å². The zero-order valence-electron chi connectivity index (χ0n) is 18.9. The van der Waals surface area contributed by atoms with Crippen LogP contribution >= 0.6 is 0 Å². The number of hydrogen-bond donors (Lipinski definition) is 1. The van der Waals surface area contributed by atoms with Gasteiger partial charge in [-0.15, -0.1) is 0 Å². The molecule has 0 bridgehead atoms. The standard InChI is InChI=1S/C25H31F3N2O3/c1-2-32-22-9-3-4-10-23(22)33-16-6-11-24(31)29-21-12-14-30(15-13-21)18-19-7-5-8-20(17-19)25(26,27)28/h3-5,7-10,17,21H,2,6,11-16,18H2,1H3,(H,29,31). The number of carbonyl (C=O) groups is 1. The van der Waals surface area contributed by atoms with Crippen molar-refractivity contribution in [2.24, 2.45) is 0 Å². The van der Waals surface area contributed by atoms with Crippen molar-refractivity contribution >= 4 is 5.91 Å². The molecule has 1 heterocycles. The van der Waals surface area contributed by atoms with Crippen LogP contribution in [0.25, 0.3) is 0 Å². The minimum absolute atomic E-state index is 0.00646. The highest BCUT2D eigenvalue weighted by molar-refractivity contribution is 5.76. The lowest BCUT2D eigenvalue weighted by molar-refractivity contribution is -0.137. The van der Waals surface area contributed by atoms with Gasteiger partial charge >= 0.3 is 6.18 Å². The Hall–Kier alpha value is -2.74. The van der Waals surface area contributed by atoms with E-state index in [1.54, 1.807) is 6.07 Å². The summed E-state index contributed by atoms with van der Waals surface area (Å²) >= 11 is 0. The molecule has 0 unspecified atom stereocenters. The van der Waals surface area contributed by atoms with E-state index in [2.05, 4.69) is 10.2 Å². The minimum Gasteiger partial charge on any atom is -0.490 e. The molecule has 1 fully saturated rings. The van der Waals surface area contributed by atoms with E-state index >= 15 is 0 Å². The molecule has 1 aliphatic heterocycles. The molecule has 1 N–H and O–H groups in total. The third-order valence-electron chi connectivity index (χ3n) is 5.57. The average Bonchev–Trinajstić information content (AvgIpc) is 2.79. The molecule has 0 aliphatic carbocycles. The van der Waals surface area contributed by atoms with Gasteiger partial charge in [0.05, 0.1) is 18.8 Å². The van der Waals surface area contributed by atoms with Gasteiger partial charge in [-0.2, -0.15) is 13.2 Å². The number of rotatable bonds is 10. The summed E-state index contributed by atoms with van der Waals surface area (Å²) in [5.74, 6) is 1.36. The molecule has 0 radical (unpaired) electrons. The van der Waals surface area contributed by atoms with Gasteiger partial charge in [-0.3, -0.25) is 9.69 Å². The van der Waals surface area contributed by atoms with Gasteiger partial charge in [0, 0.05) is 32.1 Å². The van der Waals surface area contributed by atoms with Crippen LogP contribution in [-0.2, 0) is 17.5 Å². The Morgan fingerprint density at radius 3 is 2.42 bits per heavy atom. The second-order valence-electron chi connectivity index (χ2n) is 8.15. The molecular formula is C25H31F3N2O3. The van der Waals surface area contributed by atoms with Gasteiger partial charge in [0.2, 0.25) is 5.91 Å². The Balaban J connectivity index is 1.34. The van der Waals surface area contributed by atoms with Gasteiger partial charge in [-0.1, -0.05) is 30.3 Å². The fourth-order valence-corrected chi connectivity index (χ4v) is 3.90. The number of likely N-dealkylation sites (tertiary alicyclic amines) is 1. The van der Waals surface area contributed by atoms with Gasteiger partial charge in [0.25, 0.3) is 0 Å². The molecule has 1 aliphatic rings. The van der Waals surface area contributed by atoms with Crippen molar-refractivity contribution in [2.45, 2.75) is 51.4 Å². The van der Waals surface area contributed by atoms with E-state index in [9.17, 15) is 18.0 Å². The molecule has 0 saturated carbocycles. The van der Waals surface area contributed by atoms with Gasteiger partial charge in [-0.05, 0) is 49.9 Å². The first-order chi connectivity index (χ1) is 15.8. The van der Waals surface area contributed by atoms with Gasteiger partial charge in [0.1, 0.15) is 0 Å². The average molecular weight is 465 g/mol. The van der Waals surface area contributed by atoms with E-state index in [1.807, 2.05) is 31.2 Å². The first-order valence-electron chi connectivity index (χ1n) is 11.4. The third-order valence-corrected chi connectivity index (χ3v) is 5.57. The first kappa shape index (κ1) is 24.9. The number of para-hydroxylation sites is 2. The lowest BCUT2D eigenvalue weighted by Crippen LogP contribution is -2.44. The fraction of sp³-hybridized carbons (Fsp3) is 0.480. The van der Waals surface area contributed by atoms with E-state index < -0.39 is 11.7 Å². The summed E-state index contributed by atoms with van der Waals surface area (Å²) < 4.78 is 50.0. The number of alkyl halides is 3. The Kier molecular flexibility index (Phi) is 9.00. The second kappa shape index (κ2) is 11.9. The molecule has 0 aromatic heterocycles. The summed E-state index contributed by atoms with van der Waals surface area (Å²) in [5.41, 5.74) is 0.0331. The predicted octanol–water partition coefficient (Wildman–Crippen LogP) is 5.04. The highest BCUT2D eigenvalue weighted by Gasteiger charge is 2.30. The van der Waals surface area contributed by atoms with Crippen molar-refractivity contribution in [1.82, 2.24) is 10.2 Å². The Morgan fingerprint density at radius 2 is 1.76 bits per heavy atom. The number of benzene rings is 2. The molecular weight excluding hydrogens is 433 g/mol. The minimum atomic E-state index is -4.33. The van der Waals surface area contributed by atoms with Crippen molar-refractivity contribution in [3.63, 3.8) is 0 Å². The van der Waals surface area contributed by atoms with Crippen LogP contribution in [0.1, 0.15) is 43.7 Å². The number of amides is 1. The van der Waals surface area contributed by atoms with E-state index in [-0.39, 0.29) is 11.9 Å². The number of ether oxygens (including phenoxy) is 2. The molecule has 1 saturated heterocycles. The summed E-state index contributed by atoms with van der Waals surface area (Å²) in [7, 11) is 0. The maximum Gasteiger partial charge on any atom is 0.416 e. The van der Waals surface area contributed by atoms with Gasteiger partial charge in [-0.25, -0.2) is 0 Å². The van der Waals surface area contributed by atoms with Crippen molar-refractivity contribution < 1.29 is 27.4 Å². The molecule has 0 spiro atoms. The maximum atomic E-state index is 12.9. The highest BCUT2D eigenvalue weighted by Crippen LogP contribution is 2.30. The van der Waals surface area contributed by atoms with Gasteiger partial charge in [0.15, 0.2) is 11.5 Å². The molecule has 180 valence electrons. The van der Waals surface area contributed by atoms with Crippen LogP contribution in [0, 0.1) is 0 Å². The van der Waals surface area contributed by atoms with Crippen LogP contribution in [0.15, 0.2) is 48.5 Å². The summed E-state index contributed by atoms with van der Waals surface area (Å²) in [6.07, 6.45) is -1.79. The zero-order valence-corrected chi connectivity index (χ0v) is 18.9. The van der Waals surface area contributed by atoms with Crippen LogP contribution < -0.4 is 14.8 Å². The Morgan fingerprint density at radius 1 is 1.06 bits per heavy atom. The van der Waals surface area contributed by atoms with Crippen LogP contribution in [0.3, 0.4) is 0 Å². The molecule has 3 rings (SSSR count). The monoisotopic (exact) mass is 464 g/mol. The van der Waals surface area contributed by atoms with Crippen LogP contribution in [0.4, 0.5) is 13.2 Å². The van der Waals surface area contributed by atoms with Crippen LogP contribution in [0.2, 0.25) is 0 Å². The van der Waals surface area contributed by atoms with E-state index in [4.69, 9.17) is 9.47 Å². The lowest BCUT2D eigenvalue weighted by Gasteiger charge is -2.32. The van der Waals surface area contributed by atoms with Crippen molar-refractivity contribution in [2.75, 3.05) is 26.3 Å². The number of carbonyl (C=O) groups excluding carboxylic acids is 1. The fourth-order valence-electron chi connectivity index (χ4n) is 3.90. The largest absolute Gasteiger partial charge is 0.490 e. The number of halogens is 3. The quantitative estimate of drug-likeness (QED) is 0.501. The number of nitrogens with zero attached hydrogens (tertiary/aromatic N) is 1. The normalized spacial score (nSPS) is 15.3. The summed E-state index contributed by atoms with van der Waals surface area (Å²) in [6.45, 7) is 4.84. The zero-order chi connectivity index (χ0) is 23.7. The molecule has 0 atom stereocenters. The maximum absolute atomic E-state index is 12.9. The lowest BCUT2D eigenvalue weighted by atomic mass is 10.0. The molecule has 8 heteroatoms. The first-order valence-corrected chi connectivity index (χ1v) is 11.4. The Bertz CT molecular complexity index is 896. The molecule has 2 aromatic carbocycles. The predicted molar refractivity (Wildman–Crippen MR) is 120 cm³/mol. The number of nitrogens with one attached hydrogen (secondary N) is 1. The summed E-state index contributed by atoms with van der Waals surface area (Å²) in [5, 5.41) is 3.07. The third kappa shape index (κ3) is 7.96. The highest BCUT2D eigenvalue weighted by atomic mass is 19.4. The van der Waals surface area contributed by atoms with E-state index in [0.29, 0.717) is 49.7 Å².